The minimum Gasteiger partial charge on any atom is -0.303 e. The van der Waals surface area contributed by atoms with Crippen LogP contribution >= 0.6 is 0 Å². The number of rotatable bonds is 4. The van der Waals surface area contributed by atoms with E-state index in [2.05, 4.69) is 17.7 Å². The molecule has 1 saturated heterocycles. The van der Waals surface area contributed by atoms with E-state index in [-0.39, 0.29) is 0 Å². The van der Waals surface area contributed by atoms with E-state index in [0.29, 0.717) is 0 Å². The minimum atomic E-state index is 0.938. The Hall–Kier alpha value is -0.480. The summed E-state index contributed by atoms with van der Waals surface area (Å²) < 4.78 is 0. The average Bonchev–Trinajstić information content (AvgIpc) is 2.19. The lowest BCUT2D eigenvalue weighted by Crippen LogP contribution is -2.35. The molecule has 0 aromatic rings. The van der Waals surface area contributed by atoms with E-state index in [0.717, 1.165) is 12.3 Å². The molecule has 0 radical (unpaired) electrons. The molecule has 0 spiro atoms. The molecule has 0 aliphatic carbocycles. The third kappa shape index (κ3) is 3.83. The number of likely N-dealkylation sites (tertiary alicyclic amines) is 1. The molecule has 1 heteroatoms. The standard InChI is InChI=1S/C12H21N/c1-3-5-6-9-13-10-7-8-12(4-2)11-13/h1,12H,4-11H2,2H3. The summed E-state index contributed by atoms with van der Waals surface area (Å²) in [5.41, 5.74) is 0. The van der Waals surface area contributed by atoms with Crippen molar-refractivity contribution in [3.8, 4) is 12.3 Å². The first kappa shape index (κ1) is 10.6. The highest BCUT2D eigenvalue weighted by Gasteiger charge is 2.17. The van der Waals surface area contributed by atoms with Gasteiger partial charge in [-0.05, 0) is 38.3 Å². The number of piperidine rings is 1. The summed E-state index contributed by atoms with van der Waals surface area (Å²) in [7, 11) is 0. The second-order valence-electron chi connectivity index (χ2n) is 4.02. The van der Waals surface area contributed by atoms with Crippen molar-refractivity contribution < 1.29 is 0 Å². The Balaban J connectivity index is 2.15. The molecular weight excluding hydrogens is 158 g/mol. The molecule has 0 amide bonds. The van der Waals surface area contributed by atoms with Gasteiger partial charge in [-0.3, -0.25) is 0 Å². The summed E-state index contributed by atoms with van der Waals surface area (Å²) in [6, 6.07) is 0. The molecule has 1 heterocycles. The third-order valence-electron chi connectivity index (χ3n) is 2.98. The number of hydrogen-bond donors (Lipinski definition) is 0. The predicted molar refractivity (Wildman–Crippen MR) is 57.5 cm³/mol. The van der Waals surface area contributed by atoms with Crippen molar-refractivity contribution in [1.82, 2.24) is 4.90 Å². The van der Waals surface area contributed by atoms with Crippen molar-refractivity contribution >= 4 is 0 Å². The minimum absolute atomic E-state index is 0.938. The summed E-state index contributed by atoms with van der Waals surface area (Å²) in [6.45, 7) is 6.11. The zero-order chi connectivity index (χ0) is 9.52. The monoisotopic (exact) mass is 179 g/mol. The number of unbranched alkanes of at least 4 members (excludes halogenated alkanes) is 1. The van der Waals surface area contributed by atoms with Crippen LogP contribution in [0.1, 0.15) is 39.0 Å². The Kier molecular flexibility index (Phi) is 4.93. The molecule has 1 unspecified atom stereocenters. The van der Waals surface area contributed by atoms with E-state index in [1.165, 1.54) is 45.3 Å². The fraction of sp³-hybridized carbons (Fsp3) is 0.833. The van der Waals surface area contributed by atoms with Crippen molar-refractivity contribution in [1.29, 1.82) is 0 Å². The molecule has 1 aliphatic rings. The Labute approximate surface area is 82.5 Å². The maximum Gasteiger partial charge on any atom is 0.00982 e. The predicted octanol–water partition coefficient (Wildman–Crippen LogP) is 2.52. The van der Waals surface area contributed by atoms with Crippen LogP contribution in [0, 0.1) is 18.3 Å². The number of hydrogen-bond acceptors (Lipinski definition) is 1. The first-order chi connectivity index (χ1) is 6.36. The Bertz CT molecular complexity index is 168. The second kappa shape index (κ2) is 6.05. The lowest BCUT2D eigenvalue weighted by atomic mass is 9.95. The van der Waals surface area contributed by atoms with E-state index in [1.807, 2.05) is 0 Å². The van der Waals surface area contributed by atoms with Crippen molar-refractivity contribution in [2.45, 2.75) is 39.0 Å². The SMILES string of the molecule is C#CCCCN1CCCC(CC)C1. The summed E-state index contributed by atoms with van der Waals surface area (Å²) in [6.07, 6.45) is 11.5. The molecule has 1 atom stereocenters. The fourth-order valence-corrected chi connectivity index (χ4v) is 2.09. The van der Waals surface area contributed by atoms with Gasteiger partial charge >= 0.3 is 0 Å². The van der Waals surface area contributed by atoms with E-state index < -0.39 is 0 Å². The summed E-state index contributed by atoms with van der Waals surface area (Å²) in [5, 5.41) is 0. The summed E-state index contributed by atoms with van der Waals surface area (Å²) in [4.78, 5) is 2.58. The Morgan fingerprint density at radius 3 is 3.08 bits per heavy atom. The highest BCUT2D eigenvalue weighted by Crippen LogP contribution is 2.19. The van der Waals surface area contributed by atoms with Crippen LogP contribution in [0.5, 0.6) is 0 Å². The topological polar surface area (TPSA) is 3.24 Å². The van der Waals surface area contributed by atoms with Gasteiger partial charge in [0.05, 0.1) is 0 Å². The van der Waals surface area contributed by atoms with Gasteiger partial charge < -0.3 is 4.90 Å². The van der Waals surface area contributed by atoms with Crippen molar-refractivity contribution in [3.63, 3.8) is 0 Å². The van der Waals surface area contributed by atoms with Gasteiger partial charge in [-0.2, -0.15) is 0 Å². The molecule has 0 aromatic carbocycles. The molecule has 0 saturated carbocycles. The molecule has 1 rings (SSSR count). The summed E-state index contributed by atoms with van der Waals surface area (Å²) in [5.74, 6) is 3.65. The van der Waals surface area contributed by atoms with Crippen LogP contribution in [0.4, 0.5) is 0 Å². The first-order valence-electron chi connectivity index (χ1n) is 5.52. The van der Waals surface area contributed by atoms with E-state index in [4.69, 9.17) is 6.42 Å². The second-order valence-corrected chi connectivity index (χ2v) is 4.02. The molecule has 1 fully saturated rings. The number of terminal acetylenes is 1. The highest BCUT2D eigenvalue weighted by molar-refractivity contribution is 4.84. The van der Waals surface area contributed by atoms with Gasteiger partial charge in [-0.15, -0.1) is 12.3 Å². The van der Waals surface area contributed by atoms with Gasteiger partial charge in [0.25, 0.3) is 0 Å². The molecule has 1 nitrogen and oxygen atoms in total. The lowest BCUT2D eigenvalue weighted by Gasteiger charge is -2.32. The first-order valence-corrected chi connectivity index (χ1v) is 5.52. The maximum absolute atomic E-state index is 5.23. The zero-order valence-electron chi connectivity index (χ0n) is 8.76. The highest BCUT2D eigenvalue weighted by atomic mass is 15.1. The van der Waals surface area contributed by atoms with Crippen molar-refractivity contribution in [2.75, 3.05) is 19.6 Å². The van der Waals surface area contributed by atoms with Crippen LogP contribution in [-0.4, -0.2) is 24.5 Å². The van der Waals surface area contributed by atoms with Crippen molar-refractivity contribution in [3.05, 3.63) is 0 Å². The van der Waals surface area contributed by atoms with Crippen LogP contribution in [0.3, 0.4) is 0 Å². The van der Waals surface area contributed by atoms with Crippen LogP contribution in [0.15, 0.2) is 0 Å². The van der Waals surface area contributed by atoms with Gasteiger partial charge in [-0.25, -0.2) is 0 Å². The van der Waals surface area contributed by atoms with Crippen LogP contribution < -0.4 is 0 Å². The molecule has 1 aliphatic heterocycles. The largest absolute Gasteiger partial charge is 0.303 e. The van der Waals surface area contributed by atoms with Crippen LogP contribution in [-0.2, 0) is 0 Å². The maximum atomic E-state index is 5.23. The molecule has 0 N–H and O–H groups in total. The molecular formula is C12H21N. The smallest absolute Gasteiger partial charge is 0.00982 e. The lowest BCUT2D eigenvalue weighted by molar-refractivity contribution is 0.171. The Morgan fingerprint density at radius 1 is 1.54 bits per heavy atom. The van der Waals surface area contributed by atoms with E-state index >= 15 is 0 Å². The van der Waals surface area contributed by atoms with Gasteiger partial charge in [0.1, 0.15) is 0 Å². The van der Waals surface area contributed by atoms with Gasteiger partial charge in [0, 0.05) is 13.0 Å². The average molecular weight is 179 g/mol. The Morgan fingerprint density at radius 2 is 2.38 bits per heavy atom. The van der Waals surface area contributed by atoms with E-state index in [9.17, 15) is 0 Å². The van der Waals surface area contributed by atoms with Crippen LogP contribution in [0.25, 0.3) is 0 Å². The quantitative estimate of drug-likeness (QED) is 0.473. The normalized spacial score (nSPS) is 24.2. The third-order valence-corrected chi connectivity index (χ3v) is 2.98. The van der Waals surface area contributed by atoms with Gasteiger partial charge in [0.15, 0.2) is 0 Å². The van der Waals surface area contributed by atoms with Gasteiger partial charge in [0.2, 0.25) is 0 Å². The molecule has 74 valence electrons. The molecule has 0 aromatic heterocycles. The molecule has 0 bridgehead atoms. The zero-order valence-corrected chi connectivity index (χ0v) is 8.76. The fourth-order valence-electron chi connectivity index (χ4n) is 2.09. The van der Waals surface area contributed by atoms with Crippen LogP contribution in [0.2, 0.25) is 0 Å². The van der Waals surface area contributed by atoms with Crippen molar-refractivity contribution in [2.24, 2.45) is 5.92 Å². The number of nitrogens with zero attached hydrogens (tertiary/aromatic N) is 1. The van der Waals surface area contributed by atoms with Gasteiger partial charge in [-0.1, -0.05) is 13.3 Å². The van der Waals surface area contributed by atoms with E-state index in [1.54, 1.807) is 0 Å². The molecule has 13 heavy (non-hydrogen) atoms. The summed E-state index contributed by atoms with van der Waals surface area (Å²) >= 11 is 0.